The van der Waals surface area contributed by atoms with Crippen molar-refractivity contribution >= 4 is 45.2 Å². The monoisotopic (exact) mass is 403 g/mol. The van der Waals surface area contributed by atoms with E-state index in [-0.39, 0.29) is 6.04 Å². The third kappa shape index (κ3) is 2.69. The topological polar surface area (TPSA) is 46.2 Å². The Bertz CT molecular complexity index is 291. The van der Waals surface area contributed by atoms with Crippen molar-refractivity contribution in [2.75, 3.05) is 0 Å². The van der Waals surface area contributed by atoms with Gasteiger partial charge >= 0.3 is 0 Å². The molecule has 0 aliphatic carbocycles. The summed E-state index contributed by atoms with van der Waals surface area (Å²) in [7, 11) is 0. The van der Waals surface area contributed by atoms with Gasteiger partial charge in [-0.2, -0.15) is 0 Å². The Labute approximate surface area is 105 Å². The zero-order chi connectivity index (χ0) is 10.0. The summed E-state index contributed by atoms with van der Waals surface area (Å²) in [5, 5.41) is 9.53. The number of halogens is 2. The highest BCUT2D eigenvalue weighted by atomic mass is 127. The zero-order valence-corrected chi connectivity index (χ0v) is 11.5. The molecule has 0 fully saturated rings. The molecule has 0 bridgehead atoms. The van der Waals surface area contributed by atoms with E-state index in [1.165, 1.54) is 0 Å². The summed E-state index contributed by atoms with van der Waals surface area (Å²) in [5.74, 6) is 0.355. The quantitative estimate of drug-likeness (QED) is 0.747. The summed E-state index contributed by atoms with van der Waals surface area (Å²) in [4.78, 5) is 0. The maximum Gasteiger partial charge on any atom is 0.142 e. The Hall–Kier alpha value is 0.440. The van der Waals surface area contributed by atoms with Crippen LogP contribution in [0.2, 0.25) is 0 Å². The molecule has 1 aromatic carbocycles. The molecule has 1 aromatic rings. The molecule has 0 unspecified atom stereocenters. The first-order valence-corrected chi connectivity index (χ1v) is 6.15. The molecule has 1 rings (SSSR count). The van der Waals surface area contributed by atoms with Crippen LogP contribution in [0.4, 0.5) is 0 Å². The van der Waals surface area contributed by atoms with Crippen LogP contribution in [-0.2, 0) is 0 Å². The fourth-order valence-corrected chi connectivity index (χ4v) is 2.85. The number of benzene rings is 1. The van der Waals surface area contributed by atoms with Crippen molar-refractivity contribution in [3.63, 3.8) is 0 Å². The second-order valence-electron chi connectivity index (χ2n) is 2.85. The largest absolute Gasteiger partial charge is 0.506 e. The van der Waals surface area contributed by atoms with Gasteiger partial charge in [0.1, 0.15) is 5.75 Å². The predicted octanol–water partition coefficient (Wildman–Crippen LogP) is 3.01. The second-order valence-corrected chi connectivity index (χ2v) is 5.17. The number of nitrogens with two attached hydrogens (primary N) is 1. The van der Waals surface area contributed by atoms with Crippen molar-refractivity contribution < 1.29 is 5.11 Å². The third-order valence-corrected chi connectivity index (χ3v) is 3.55. The van der Waals surface area contributed by atoms with E-state index in [0.29, 0.717) is 5.75 Å². The Morgan fingerprint density at radius 3 is 2.23 bits per heavy atom. The first-order valence-electron chi connectivity index (χ1n) is 3.99. The smallest absolute Gasteiger partial charge is 0.142 e. The molecule has 3 N–H and O–H groups in total. The standard InChI is InChI=1S/C9H11I2NO/c1-2-8(12)5-3-6(10)9(13)7(11)4-5/h3-4,8,13H,2,12H2,1H3/t8-/m1/s1. The van der Waals surface area contributed by atoms with Crippen LogP contribution in [-0.4, -0.2) is 5.11 Å². The van der Waals surface area contributed by atoms with Gasteiger partial charge in [-0.1, -0.05) is 6.92 Å². The van der Waals surface area contributed by atoms with Crippen molar-refractivity contribution in [2.24, 2.45) is 5.73 Å². The van der Waals surface area contributed by atoms with Gasteiger partial charge in [-0.15, -0.1) is 0 Å². The van der Waals surface area contributed by atoms with E-state index in [4.69, 9.17) is 5.73 Å². The average Bonchev–Trinajstić information content (AvgIpc) is 2.12. The summed E-state index contributed by atoms with van der Waals surface area (Å²) in [6.45, 7) is 2.05. The van der Waals surface area contributed by atoms with Crippen molar-refractivity contribution in [1.82, 2.24) is 0 Å². The van der Waals surface area contributed by atoms with E-state index in [2.05, 4.69) is 52.1 Å². The Balaban J connectivity index is 3.13. The summed E-state index contributed by atoms with van der Waals surface area (Å²) in [6.07, 6.45) is 0.914. The number of phenols is 1. The molecule has 4 heteroatoms. The molecule has 0 amide bonds. The SMILES string of the molecule is CC[C@@H](N)c1cc(I)c(O)c(I)c1. The summed E-state index contributed by atoms with van der Waals surface area (Å²) in [5.41, 5.74) is 6.99. The molecule has 0 saturated carbocycles. The van der Waals surface area contributed by atoms with Gasteiger partial charge in [-0.05, 0) is 69.3 Å². The fraction of sp³-hybridized carbons (Fsp3) is 0.333. The van der Waals surface area contributed by atoms with Gasteiger partial charge in [0.25, 0.3) is 0 Å². The number of hydrogen-bond acceptors (Lipinski definition) is 2. The van der Waals surface area contributed by atoms with Crippen LogP contribution in [0, 0.1) is 7.14 Å². The van der Waals surface area contributed by atoms with Crippen LogP contribution in [0.1, 0.15) is 24.9 Å². The van der Waals surface area contributed by atoms with Gasteiger partial charge in [-0.3, -0.25) is 0 Å². The van der Waals surface area contributed by atoms with Crippen LogP contribution < -0.4 is 5.73 Å². The number of hydrogen-bond donors (Lipinski definition) is 2. The van der Waals surface area contributed by atoms with E-state index >= 15 is 0 Å². The molecule has 0 aliphatic heterocycles. The highest BCUT2D eigenvalue weighted by molar-refractivity contribution is 14.1. The lowest BCUT2D eigenvalue weighted by atomic mass is 10.1. The molecule has 0 saturated heterocycles. The zero-order valence-electron chi connectivity index (χ0n) is 7.22. The van der Waals surface area contributed by atoms with Gasteiger partial charge in [0, 0.05) is 6.04 Å². The minimum atomic E-state index is 0.0719. The minimum Gasteiger partial charge on any atom is -0.506 e. The van der Waals surface area contributed by atoms with Gasteiger partial charge < -0.3 is 10.8 Å². The predicted molar refractivity (Wildman–Crippen MR) is 70.8 cm³/mol. The summed E-state index contributed by atoms with van der Waals surface area (Å²) in [6, 6.07) is 3.95. The molecule has 0 radical (unpaired) electrons. The molecule has 0 heterocycles. The first-order chi connectivity index (χ1) is 6.06. The Morgan fingerprint density at radius 1 is 1.38 bits per heavy atom. The molecular weight excluding hydrogens is 392 g/mol. The number of aromatic hydroxyl groups is 1. The van der Waals surface area contributed by atoms with E-state index < -0.39 is 0 Å². The lowest BCUT2D eigenvalue weighted by Crippen LogP contribution is -2.09. The second kappa shape index (κ2) is 4.79. The fourth-order valence-electron chi connectivity index (χ4n) is 1.03. The molecule has 13 heavy (non-hydrogen) atoms. The minimum absolute atomic E-state index is 0.0719. The molecule has 1 atom stereocenters. The number of phenolic OH excluding ortho intramolecular Hbond substituents is 1. The Morgan fingerprint density at radius 2 is 1.85 bits per heavy atom. The van der Waals surface area contributed by atoms with Gasteiger partial charge in [-0.25, -0.2) is 0 Å². The van der Waals surface area contributed by atoms with Crippen LogP contribution >= 0.6 is 45.2 Å². The van der Waals surface area contributed by atoms with Crippen molar-refractivity contribution in [3.8, 4) is 5.75 Å². The van der Waals surface area contributed by atoms with Crippen molar-refractivity contribution in [3.05, 3.63) is 24.8 Å². The summed E-state index contributed by atoms with van der Waals surface area (Å²) >= 11 is 4.23. The lowest BCUT2D eigenvalue weighted by Gasteiger charge is -2.11. The highest BCUT2D eigenvalue weighted by Gasteiger charge is 2.09. The molecule has 72 valence electrons. The highest BCUT2D eigenvalue weighted by Crippen LogP contribution is 2.29. The molecule has 0 aromatic heterocycles. The van der Waals surface area contributed by atoms with Crippen molar-refractivity contribution in [2.45, 2.75) is 19.4 Å². The number of rotatable bonds is 2. The molecule has 0 spiro atoms. The maximum absolute atomic E-state index is 9.53. The van der Waals surface area contributed by atoms with Crippen LogP contribution in [0.25, 0.3) is 0 Å². The molecular formula is C9H11I2NO. The van der Waals surface area contributed by atoms with Gasteiger partial charge in [0.05, 0.1) is 7.14 Å². The molecule has 0 aliphatic rings. The lowest BCUT2D eigenvalue weighted by molar-refractivity contribution is 0.467. The molecule has 2 nitrogen and oxygen atoms in total. The van der Waals surface area contributed by atoms with Crippen LogP contribution in [0.3, 0.4) is 0 Å². The van der Waals surface area contributed by atoms with E-state index in [1.807, 2.05) is 12.1 Å². The van der Waals surface area contributed by atoms with Crippen LogP contribution in [0.15, 0.2) is 12.1 Å². The van der Waals surface area contributed by atoms with E-state index in [1.54, 1.807) is 0 Å². The van der Waals surface area contributed by atoms with Crippen LogP contribution in [0.5, 0.6) is 5.75 Å². The van der Waals surface area contributed by atoms with Gasteiger partial charge in [0.15, 0.2) is 0 Å². The van der Waals surface area contributed by atoms with Crippen molar-refractivity contribution in [1.29, 1.82) is 0 Å². The maximum atomic E-state index is 9.53. The van der Waals surface area contributed by atoms with E-state index in [9.17, 15) is 5.11 Å². The third-order valence-electron chi connectivity index (χ3n) is 1.91. The normalized spacial score (nSPS) is 12.9. The summed E-state index contributed by atoms with van der Waals surface area (Å²) < 4.78 is 1.73. The first kappa shape index (κ1) is 11.5. The average molecular weight is 403 g/mol. The van der Waals surface area contributed by atoms with E-state index in [0.717, 1.165) is 19.1 Å². The van der Waals surface area contributed by atoms with Gasteiger partial charge in [0.2, 0.25) is 0 Å². The Kier molecular flexibility index (Phi) is 4.24.